The van der Waals surface area contributed by atoms with Gasteiger partial charge >= 0.3 is 6.09 Å². The third-order valence-corrected chi connectivity index (χ3v) is 5.61. The van der Waals surface area contributed by atoms with Crippen molar-refractivity contribution in [1.29, 1.82) is 0 Å². The van der Waals surface area contributed by atoms with Gasteiger partial charge in [0.1, 0.15) is 0 Å². The molecule has 0 spiro atoms. The van der Waals surface area contributed by atoms with E-state index in [4.69, 9.17) is 4.74 Å². The number of amides is 2. The first kappa shape index (κ1) is 19.7. The van der Waals surface area contributed by atoms with E-state index in [1.165, 1.54) is 0 Å². The molecule has 2 fully saturated rings. The molecule has 2 amide bonds. The Bertz CT molecular complexity index is 647. The Kier molecular flexibility index (Phi) is 6.71. The maximum absolute atomic E-state index is 12.6. The highest BCUT2D eigenvalue weighted by Crippen LogP contribution is 2.19. The van der Waals surface area contributed by atoms with Crippen LogP contribution in [0.1, 0.15) is 31.9 Å². The summed E-state index contributed by atoms with van der Waals surface area (Å²) in [7, 11) is 1.91. The van der Waals surface area contributed by atoms with Crippen LogP contribution in [0.4, 0.5) is 4.79 Å². The summed E-state index contributed by atoms with van der Waals surface area (Å²) in [4.78, 5) is 30.7. The van der Waals surface area contributed by atoms with Crippen LogP contribution in [0.2, 0.25) is 0 Å². The van der Waals surface area contributed by atoms with Gasteiger partial charge in [0, 0.05) is 70.7 Å². The molecule has 27 heavy (non-hydrogen) atoms. The minimum atomic E-state index is -0.207. The van der Waals surface area contributed by atoms with E-state index in [1.807, 2.05) is 29.6 Å². The number of likely N-dealkylation sites (tertiary alicyclic amines) is 1. The fraction of sp³-hybridized carbons (Fsp3) is 0.737. The van der Waals surface area contributed by atoms with Crippen molar-refractivity contribution >= 4 is 12.0 Å². The SMILES string of the molecule is CCOC(=O)N1CCC(N2CCCN(C(=O)CCc3ccnn3C)CC2)C1. The number of hydrogen-bond donors (Lipinski definition) is 0. The molecule has 1 aromatic heterocycles. The molecule has 1 atom stereocenters. The molecule has 3 heterocycles. The second-order valence-electron chi connectivity index (χ2n) is 7.30. The van der Waals surface area contributed by atoms with E-state index >= 15 is 0 Å². The van der Waals surface area contributed by atoms with Gasteiger partial charge in [-0.15, -0.1) is 0 Å². The summed E-state index contributed by atoms with van der Waals surface area (Å²) in [5.74, 6) is 0.220. The Balaban J connectivity index is 1.45. The second-order valence-corrected chi connectivity index (χ2v) is 7.30. The number of hydrogen-bond acceptors (Lipinski definition) is 5. The zero-order valence-corrected chi connectivity index (χ0v) is 16.5. The minimum Gasteiger partial charge on any atom is -0.450 e. The van der Waals surface area contributed by atoms with E-state index in [0.29, 0.717) is 19.1 Å². The first-order chi connectivity index (χ1) is 13.1. The molecule has 0 saturated carbocycles. The van der Waals surface area contributed by atoms with Crippen LogP contribution in [-0.4, -0.2) is 88.4 Å². The molecule has 2 saturated heterocycles. The quantitative estimate of drug-likeness (QED) is 0.769. The van der Waals surface area contributed by atoms with Gasteiger partial charge in [-0.05, 0) is 32.3 Å². The van der Waals surface area contributed by atoms with Gasteiger partial charge in [-0.2, -0.15) is 5.10 Å². The molecule has 1 aromatic rings. The average Bonchev–Trinajstić information content (AvgIpc) is 3.23. The smallest absolute Gasteiger partial charge is 0.409 e. The fourth-order valence-electron chi connectivity index (χ4n) is 4.01. The standard InChI is InChI=1S/C19H31N5O3/c1-3-27-19(26)24-12-8-17(15-24)22-10-4-11-23(14-13-22)18(25)6-5-16-7-9-20-21(16)2/h7,9,17H,3-6,8,10-15H2,1-2H3. The van der Waals surface area contributed by atoms with Gasteiger partial charge in [0.2, 0.25) is 5.91 Å². The molecule has 150 valence electrons. The molecule has 8 heteroatoms. The summed E-state index contributed by atoms with van der Waals surface area (Å²) < 4.78 is 6.94. The van der Waals surface area contributed by atoms with Crippen LogP contribution in [0.5, 0.6) is 0 Å². The van der Waals surface area contributed by atoms with Crippen molar-refractivity contribution in [2.45, 2.75) is 38.6 Å². The number of aromatic nitrogens is 2. The van der Waals surface area contributed by atoms with E-state index in [0.717, 1.165) is 64.2 Å². The molecule has 0 radical (unpaired) electrons. The third kappa shape index (κ3) is 5.00. The van der Waals surface area contributed by atoms with E-state index in [9.17, 15) is 9.59 Å². The zero-order valence-electron chi connectivity index (χ0n) is 16.5. The maximum atomic E-state index is 12.6. The van der Waals surface area contributed by atoms with Crippen LogP contribution in [0, 0.1) is 0 Å². The van der Waals surface area contributed by atoms with E-state index in [2.05, 4.69) is 10.00 Å². The predicted molar refractivity (Wildman–Crippen MR) is 101 cm³/mol. The van der Waals surface area contributed by atoms with E-state index < -0.39 is 0 Å². The largest absolute Gasteiger partial charge is 0.450 e. The molecular weight excluding hydrogens is 346 g/mol. The van der Waals surface area contributed by atoms with Crippen molar-refractivity contribution in [1.82, 2.24) is 24.5 Å². The number of carbonyl (C=O) groups excluding carboxylic acids is 2. The monoisotopic (exact) mass is 377 g/mol. The number of carbonyl (C=O) groups is 2. The number of rotatable bonds is 5. The Hall–Kier alpha value is -2.09. The first-order valence-electron chi connectivity index (χ1n) is 9.99. The van der Waals surface area contributed by atoms with Gasteiger partial charge in [0.05, 0.1) is 6.61 Å². The summed E-state index contributed by atoms with van der Waals surface area (Å²) in [6.07, 6.45) is 4.78. The molecule has 3 rings (SSSR count). The fourth-order valence-corrected chi connectivity index (χ4v) is 4.01. The van der Waals surface area contributed by atoms with Crippen molar-refractivity contribution in [2.24, 2.45) is 7.05 Å². The Morgan fingerprint density at radius 2 is 2.04 bits per heavy atom. The van der Waals surface area contributed by atoms with Crippen LogP contribution >= 0.6 is 0 Å². The molecule has 2 aliphatic heterocycles. The highest BCUT2D eigenvalue weighted by molar-refractivity contribution is 5.76. The first-order valence-corrected chi connectivity index (χ1v) is 9.99. The lowest BCUT2D eigenvalue weighted by molar-refractivity contribution is -0.131. The van der Waals surface area contributed by atoms with Crippen LogP contribution in [0.15, 0.2) is 12.3 Å². The van der Waals surface area contributed by atoms with Crippen LogP contribution < -0.4 is 0 Å². The number of nitrogens with zero attached hydrogens (tertiary/aromatic N) is 5. The lowest BCUT2D eigenvalue weighted by atomic mass is 10.2. The summed E-state index contributed by atoms with van der Waals surface area (Å²) >= 11 is 0. The van der Waals surface area contributed by atoms with Gasteiger partial charge < -0.3 is 14.5 Å². The highest BCUT2D eigenvalue weighted by Gasteiger charge is 2.32. The molecule has 0 aliphatic carbocycles. The Morgan fingerprint density at radius 1 is 1.19 bits per heavy atom. The minimum absolute atomic E-state index is 0.207. The van der Waals surface area contributed by atoms with Gasteiger partial charge in [0.15, 0.2) is 0 Å². The van der Waals surface area contributed by atoms with Gasteiger partial charge in [-0.25, -0.2) is 4.79 Å². The lowest BCUT2D eigenvalue weighted by Crippen LogP contribution is -2.41. The molecule has 2 aliphatic rings. The van der Waals surface area contributed by atoms with Crippen molar-refractivity contribution in [3.05, 3.63) is 18.0 Å². The predicted octanol–water partition coefficient (Wildman–Crippen LogP) is 1.12. The number of ether oxygens (including phenoxy) is 1. The van der Waals surface area contributed by atoms with E-state index in [-0.39, 0.29) is 12.0 Å². The average molecular weight is 377 g/mol. The lowest BCUT2D eigenvalue weighted by Gasteiger charge is -2.27. The van der Waals surface area contributed by atoms with Crippen LogP contribution in [-0.2, 0) is 23.0 Å². The summed E-state index contributed by atoms with van der Waals surface area (Å²) in [5, 5.41) is 4.15. The molecule has 1 unspecified atom stereocenters. The summed E-state index contributed by atoms with van der Waals surface area (Å²) in [6.45, 7) is 7.17. The Labute approximate surface area is 161 Å². The van der Waals surface area contributed by atoms with Crippen molar-refractivity contribution in [3.63, 3.8) is 0 Å². The topological polar surface area (TPSA) is 70.9 Å². The van der Waals surface area contributed by atoms with Crippen LogP contribution in [0.3, 0.4) is 0 Å². The molecule has 8 nitrogen and oxygen atoms in total. The normalized spacial score (nSPS) is 21.3. The van der Waals surface area contributed by atoms with Gasteiger partial charge in [-0.3, -0.25) is 14.4 Å². The van der Waals surface area contributed by atoms with Crippen molar-refractivity contribution in [2.75, 3.05) is 45.9 Å². The second kappa shape index (κ2) is 9.21. The molecule has 0 bridgehead atoms. The van der Waals surface area contributed by atoms with Crippen LogP contribution in [0.25, 0.3) is 0 Å². The van der Waals surface area contributed by atoms with Crippen molar-refractivity contribution < 1.29 is 14.3 Å². The highest BCUT2D eigenvalue weighted by atomic mass is 16.6. The maximum Gasteiger partial charge on any atom is 0.409 e. The summed E-state index contributed by atoms with van der Waals surface area (Å²) in [5.41, 5.74) is 1.09. The Morgan fingerprint density at radius 3 is 2.78 bits per heavy atom. The van der Waals surface area contributed by atoms with E-state index in [1.54, 1.807) is 11.1 Å². The summed E-state index contributed by atoms with van der Waals surface area (Å²) in [6, 6.07) is 2.34. The van der Waals surface area contributed by atoms with Crippen molar-refractivity contribution in [3.8, 4) is 0 Å². The van der Waals surface area contributed by atoms with Gasteiger partial charge in [-0.1, -0.05) is 0 Å². The molecular formula is C19H31N5O3. The third-order valence-electron chi connectivity index (χ3n) is 5.61. The zero-order chi connectivity index (χ0) is 19.2. The molecule has 0 aromatic carbocycles. The molecule has 0 N–H and O–H groups in total. The van der Waals surface area contributed by atoms with Gasteiger partial charge in [0.25, 0.3) is 0 Å². The number of aryl methyl sites for hydroxylation is 2.